The van der Waals surface area contributed by atoms with Crippen molar-refractivity contribution < 1.29 is 14.7 Å². The van der Waals surface area contributed by atoms with Crippen LogP contribution >= 0.6 is 0 Å². The Hall–Kier alpha value is -1.06. The first-order chi connectivity index (χ1) is 7.09. The van der Waals surface area contributed by atoms with Gasteiger partial charge in [0, 0.05) is 6.92 Å². The number of carbonyl (C=O) groups is 2. The number of nitrogens with one attached hydrogen (secondary N) is 1. The van der Waals surface area contributed by atoms with E-state index in [1.165, 1.54) is 26.2 Å². The summed E-state index contributed by atoms with van der Waals surface area (Å²) in [6.45, 7) is 1.36. The molecule has 0 aromatic carbocycles. The third-order valence-electron chi connectivity index (χ3n) is 3.77. The lowest BCUT2D eigenvalue weighted by atomic mass is 10.0. The van der Waals surface area contributed by atoms with Gasteiger partial charge in [-0.05, 0) is 37.0 Å². The molecular weight excluding hydrogens is 194 g/mol. The predicted octanol–water partition coefficient (Wildman–Crippen LogP) is 1.01. The molecule has 2 N–H and O–H groups in total. The Bertz CT molecular complexity index is 280. The number of hydrogen-bond acceptors (Lipinski definition) is 2. The molecule has 4 nitrogen and oxygen atoms in total. The smallest absolute Gasteiger partial charge is 0.326 e. The minimum atomic E-state index is -0.907. The van der Waals surface area contributed by atoms with Crippen LogP contribution in [0.2, 0.25) is 0 Å². The van der Waals surface area contributed by atoms with Crippen molar-refractivity contribution in [2.24, 2.45) is 17.8 Å². The Morgan fingerprint density at radius 2 is 2.00 bits per heavy atom. The summed E-state index contributed by atoms with van der Waals surface area (Å²) >= 11 is 0. The van der Waals surface area contributed by atoms with Gasteiger partial charge in [-0.3, -0.25) is 4.79 Å². The average molecular weight is 211 g/mol. The van der Waals surface area contributed by atoms with E-state index in [1.807, 2.05) is 0 Å². The first-order valence-corrected chi connectivity index (χ1v) is 5.59. The molecule has 2 saturated carbocycles. The molecule has 0 bridgehead atoms. The van der Waals surface area contributed by atoms with Crippen LogP contribution in [0.1, 0.15) is 32.6 Å². The van der Waals surface area contributed by atoms with Gasteiger partial charge in [0.15, 0.2) is 0 Å². The SMILES string of the molecule is CC(=O)NC(C[C@H]1[C@@H]2CCC[C@@H]21)C(=O)O. The monoisotopic (exact) mass is 211 g/mol. The van der Waals surface area contributed by atoms with Gasteiger partial charge in [-0.1, -0.05) is 6.42 Å². The Labute approximate surface area is 89.0 Å². The van der Waals surface area contributed by atoms with Crippen LogP contribution in [0.3, 0.4) is 0 Å². The van der Waals surface area contributed by atoms with Gasteiger partial charge in [0.05, 0.1) is 0 Å². The molecule has 0 aliphatic heterocycles. The van der Waals surface area contributed by atoms with Crippen molar-refractivity contribution in [1.29, 1.82) is 0 Å². The lowest BCUT2D eigenvalue weighted by Crippen LogP contribution is -2.40. The van der Waals surface area contributed by atoms with E-state index in [9.17, 15) is 9.59 Å². The highest BCUT2D eigenvalue weighted by Crippen LogP contribution is 2.59. The van der Waals surface area contributed by atoms with Crippen LogP contribution in [0.5, 0.6) is 0 Å². The van der Waals surface area contributed by atoms with Crippen LogP contribution in [-0.2, 0) is 9.59 Å². The van der Waals surface area contributed by atoms with Crippen molar-refractivity contribution >= 4 is 11.9 Å². The van der Waals surface area contributed by atoms with E-state index in [1.54, 1.807) is 0 Å². The number of hydrogen-bond donors (Lipinski definition) is 2. The highest BCUT2D eigenvalue weighted by Gasteiger charge is 2.53. The summed E-state index contributed by atoms with van der Waals surface area (Å²) < 4.78 is 0. The van der Waals surface area contributed by atoms with Gasteiger partial charge >= 0.3 is 5.97 Å². The molecule has 0 aromatic rings. The second kappa shape index (κ2) is 3.83. The summed E-state index contributed by atoms with van der Waals surface area (Å²) in [4.78, 5) is 21.7. The minimum absolute atomic E-state index is 0.256. The van der Waals surface area contributed by atoms with E-state index in [4.69, 9.17) is 5.11 Å². The molecule has 0 radical (unpaired) electrons. The van der Waals surface area contributed by atoms with Crippen LogP contribution in [0, 0.1) is 17.8 Å². The van der Waals surface area contributed by atoms with Crippen LogP contribution < -0.4 is 5.32 Å². The van der Waals surface area contributed by atoms with Crippen molar-refractivity contribution in [2.75, 3.05) is 0 Å². The summed E-state index contributed by atoms with van der Waals surface area (Å²) in [7, 11) is 0. The largest absolute Gasteiger partial charge is 0.480 e. The summed E-state index contributed by atoms with van der Waals surface area (Å²) in [5.74, 6) is 0.885. The average Bonchev–Trinajstić information content (AvgIpc) is 2.61. The molecule has 0 saturated heterocycles. The highest BCUT2D eigenvalue weighted by atomic mass is 16.4. The van der Waals surface area contributed by atoms with Gasteiger partial charge in [0.2, 0.25) is 5.91 Å². The van der Waals surface area contributed by atoms with E-state index in [2.05, 4.69) is 5.32 Å². The zero-order valence-electron chi connectivity index (χ0n) is 8.90. The third kappa shape index (κ3) is 2.13. The summed E-state index contributed by atoms with van der Waals surface area (Å²) in [5, 5.41) is 11.4. The Balaban J connectivity index is 1.85. The zero-order chi connectivity index (χ0) is 11.0. The Morgan fingerprint density at radius 1 is 1.40 bits per heavy atom. The number of carboxylic acid groups (broad SMARTS) is 1. The fourth-order valence-corrected chi connectivity index (χ4v) is 3.06. The number of fused-ring (bicyclic) bond motifs is 1. The van der Waals surface area contributed by atoms with Gasteiger partial charge in [-0.2, -0.15) is 0 Å². The molecule has 84 valence electrons. The van der Waals surface area contributed by atoms with Crippen molar-refractivity contribution in [2.45, 2.75) is 38.6 Å². The van der Waals surface area contributed by atoms with E-state index in [0.29, 0.717) is 12.3 Å². The summed E-state index contributed by atoms with van der Waals surface area (Å²) in [5.41, 5.74) is 0. The maximum absolute atomic E-state index is 10.9. The van der Waals surface area contributed by atoms with Crippen LogP contribution in [0.25, 0.3) is 0 Å². The van der Waals surface area contributed by atoms with E-state index < -0.39 is 12.0 Å². The minimum Gasteiger partial charge on any atom is -0.480 e. The molecule has 2 aliphatic rings. The lowest BCUT2D eigenvalue weighted by molar-refractivity contribution is -0.141. The molecule has 1 amide bonds. The molecule has 1 unspecified atom stereocenters. The molecule has 2 rings (SSSR count). The fraction of sp³-hybridized carbons (Fsp3) is 0.818. The van der Waals surface area contributed by atoms with Gasteiger partial charge in [0.25, 0.3) is 0 Å². The topological polar surface area (TPSA) is 66.4 Å². The van der Waals surface area contributed by atoms with Crippen LogP contribution in [0.4, 0.5) is 0 Å². The second-order valence-corrected chi connectivity index (χ2v) is 4.75. The summed E-state index contributed by atoms with van der Waals surface area (Å²) in [6.07, 6.45) is 4.41. The number of aliphatic carboxylic acids is 1. The van der Waals surface area contributed by atoms with E-state index >= 15 is 0 Å². The van der Waals surface area contributed by atoms with Gasteiger partial charge in [0.1, 0.15) is 6.04 Å². The molecule has 4 atom stereocenters. The van der Waals surface area contributed by atoms with Crippen molar-refractivity contribution in [3.63, 3.8) is 0 Å². The third-order valence-corrected chi connectivity index (χ3v) is 3.77. The van der Waals surface area contributed by atoms with E-state index in [0.717, 1.165) is 11.8 Å². The molecule has 2 fully saturated rings. The molecular formula is C11H17NO3. The number of amides is 1. The maximum Gasteiger partial charge on any atom is 0.326 e. The van der Waals surface area contributed by atoms with Crippen molar-refractivity contribution in [1.82, 2.24) is 5.32 Å². The maximum atomic E-state index is 10.9. The molecule has 4 heteroatoms. The Kier molecular flexibility index (Phi) is 2.67. The normalized spacial score (nSPS) is 34.3. The van der Waals surface area contributed by atoms with Crippen molar-refractivity contribution in [3.05, 3.63) is 0 Å². The lowest BCUT2D eigenvalue weighted by Gasteiger charge is -2.13. The quantitative estimate of drug-likeness (QED) is 0.729. The summed E-state index contributed by atoms with van der Waals surface area (Å²) in [6, 6.07) is -0.682. The fourth-order valence-electron chi connectivity index (χ4n) is 3.06. The number of rotatable bonds is 4. The van der Waals surface area contributed by atoms with E-state index in [-0.39, 0.29) is 5.91 Å². The van der Waals surface area contributed by atoms with Crippen LogP contribution in [-0.4, -0.2) is 23.0 Å². The second-order valence-electron chi connectivity index (χ2n) is 4.75. The molecule has 0 spiro atoms. The zero-order valence-corrected chi connectivity index (χ0v) is 8.90. The number of carbonyl (C=O) groups excluding carboxylic acids is 1. The predicted molar refractivity (Wildman–Crippen MR) is 54.2 cm³/mol. The first kappa shape index (κ1) is 10.5. The molecule has 0 heterocycles. The number of carboxylic acids is 1. The Morgan fingerprint density at radius 3 is 2.47 bits per heavy atom. The molecule has 15 heavy (non-hydrogen) atoms. The highest BCUT2D eigenvalue weighted by molar-refractivity contribution is 5.82. The van der Waals surface area contributed by atoms with Gasteiger partial charge in [-0.15, -0.1) is 0 Å². The van der Waals surface area contributed by atoms with Crippen LogP contribution in [0.15, 0.2) is 0 Å². The standard InChI is InChI=1S/C11H17NO3/c1-6(13)12-10(11(14)15)5-9-7-3-2-4-8(7)9/h7-10H,2-5H2,1H3,(H,12,13)(H,14,15)/t7-,8+,9+,10?. The molecule has 0 aromatic heterocycles. The van der Waals surface area contributed by atoms with Gasteiger partial charge in [-0.25, -0.2) is 4.79 Å². The van der Waals surface area contributed by atoms with Gasteiger partial charge < -0.3 is 10.4 Å². The molecule has 2 aliphatic carbocycles. The van der Waals surface area contributed by atoms with Crippen molar-refractivity contribution in [3.8, 4) is 0 Å². The first-order valence-electron chi connectivity index (χ1n) is 5.59.